The zero-order valence-corrected chi connectivity index (χ0v) is 20.0. The van der Waals surface area contributed by atoms with Crippen molar-refractivity contribution in [2.45, 2.75) is 23.9 Å². The normalized spacial score (nSPS) is 16.7. The van der Waals surface area contributed by atoms with E-state index in [1.807, 2.05) is 23.6 Å². The molecule has 1 aliphatic heterocycles. The first-order valence-electron chi connectivity index (χ1n) is 10.3. The number of sulfonamides is 1. The van der Waals surface area contributed by atoms with Gasteiger partial charge in [-0.2, -0.15) is 4.72 Å². The van der Waals surface area contributed by atoms with Gasteiger partial charge in [0.2, 0.25) is 15.9 Å². The van der Waals surface area contributed by atoms with Crippen LogP contribution in [0.5, 0.6) is 5.75 Å². The van der Waals surface area contributed by atoms with E-state index in [1.54, 1.807) is 42.5 Å². The van der Waals surface area contributed by atoms with Gasteiger partial charge in [0.05, 0.1) is 16.7 Å². The summed E-state index contributed by atoms with van der Waals surface area (Å²) in [4.78, 5) is 18.9. The Kier molecular flexibility index (Phi) is 5.74. The molecule has 170 valence electrons. The molecule has 2 aromatic carbocycles. The van der Waals surface area contributed by atoms with Crippen LogP contribution in [0.2, 0.25) is 5.15 Å². The van der Waals surface area contributed by atoms with E-state index in [9.17, 15) is 13.2 Å². The van der Waals surface area contributed by atoms with Crippen LogP contribution in [0.3, 0.4) is 0 Å². The SMILES string of the molecule is COc1ccc2ccc(S(=O)(=O)NC3CCN(Cc4csc5c(Cl)nccc45)C3=O)cc2c1. The lowest BCUT2D eigenvalue weighted by Gasteiger charge is -2.17. The van der Waals surface area contributed by atoms with E-state index < -0.39 is 16.1 Å². The average Bonchev–Trinajstić information content (AvgIpc) is 3.38. The Morgan fingerprint density at radius 3 is 2.85 bits per heavy atom. The Balaban J connectivity index is 1.33. The zero-order valence-electron chi connectivity index (χ0n) is 17.6. The number of rotatable bonds is 6. The molecule has 1 amide bonds. The number of ether oxygens (including phenoxy) is 1. The molecule has 0 aliphatic carbocycles. The van der Waals surface area contributed by atoms with Gasteiger partial charge in [0.25, 0.3) is 0 Å². The number of methoxy groups -OCH3 is 1. The predicted molar refractivity (Wildman–Crippen MR) is 129 cm³/mol. The number of amides is 1. The first kappa shape index (κ1) is 22.1. The number of halogens is 1. The minimum atomic E-state index is -3.88. The number of fused-ring (bicyclic) bond motifs is 2. The van der Waals surface area contributed by atoms with Crippen LogP contribution in [0.4, 0.5) is 0 Å². The summed E-state index contributed by atoms with van der Waals surface area (Å²) >= 11 is 7.64. The van der Waals surface area contributed by atoms with Gasteiger partial charge in [-0.1, -0.05) is 23.7 Å². The van der Waals surface area contributed by atoms with Crippen molar-refractivity contribution in [2.24, 2.45) is 0 Å². The highest BCUT2D eigenvalue weighted by molar-refractivity contribution is 7.89. The van der Waals surface area contributed by atoms with Crippen LogP contribution in [0.25, 0.3) is 20.9 Å². The molecule has 0 spiro atoms. The van der Waals surface area contributed by atoms with Gasteiger partial charge in [0.15, 0.2) is 0 Å². The van der Waals surface area contributed by atoms with Gasteiger partial charge in [0.1, 0.15) is 16.9 Å². The van der Waals surface area contributed by atoms with Gasteiger partial charge in [-0.05, 0) is 58.5 Å². The van der Waals surface area contributed by atoms with E-state index in [4.69, 9.17) is 16.3 Å². The van der Waals surface area contributed by atoms with Crippen LogP contribution in [0, 0.1) is 0 Å². The highest BCUT2D eigenvalue weighted by Crippen LogP contribution is 2.32. The first-order chi connectivity index (χ1) is 15.9. The Morgan fingerprint density at radius 2 is 2.03 bits per heavy atom. The Morgan fingerprint density at radius 1 is 1.21 bits per heavy atom. The van der Waals surface area contributed by atoms with Crippen LogP contribution in [-0.2, 0) is 21.4 Å². The van der Waals surface area contributed by atoms with Crippen molar-refractivity contribution in [3.63, 3.8) is 0 Å². The molecule has 1 fully saturated rings. The predicted octanol–water partition coefficient (Wildman–Crippen LogP) is 4.19. The van der Waals surface area contributed by atoms with Crippen molar-refractivity contribution >= 4 is 59.7 Å². The Bertz CT molecular complexity index is 1490. The van der Waals surface area contributed by atoms with Crippen molar-refractivity contribution in [2.75, 3.05) is 13.7 Å². The van der Waals surface area contributed by atoms with Crippen molar-refractivity contribution in [3.8, 4) is 5.75 Å². The average molecular weight is 502 g/mol. The molecule has 2 aromatic heterocycles. The molecule has 1 N–H and O–H groups in total. The third kappa shape index (κ3) is 4.17. The van der Waals surface area contributed by atoms with Gasteiger partial charge in [-0.3, -0.25) is 4.79 Å². The molecule has 1 unspecified atom stereocenters. The molecule has 33 heavy (non-hydrogen) atoms. The van der Waals surface area contributed by atoms with E-state index in [0.717, 1.165) is 26.4 Å². The summed E-state index contributed by atoms with van der Waals surface area (Å²) in [6.45, 7) is 0.865. The maximum Gasteiger partial charge on any atom is 0.241 e. The summed E-state index contributed by atoms with van der Waals surface area (Å²) in [5, 5.41) is 5.01. The Labute approximate surface area is 200 Å². The molecule has 1 saturated heterocycles. The molecular formula is C23H20ClN3O4S2. The van der Waals surface area contributed by atoms with Crippen molar-refractivity contribution in [3.05, 3.63) is 64.8 Å². The molecule has 1 atom stereocenters. The number of nitrogens with one attached hydrogen (secondary N) is 1. The van der Waals surface area contributed by atoms with Crippen LogP contribution >= 0.6 is 22.9 Å². The number of carbonyl (C=O) groups excluding carboxylic acids is 1. The molecule has 10 heteroatoms. The molecule has 0 radical (unpaired) electrons. The molecule has 0 bridgehead atoms. The van der Waals surface area contributed by atoms with Gasteiger partial charge >= 0.3 is 0 Å². The van der Waals surface area contributed by atoms with Crippen LogP contribution in [0.15, 0.2) is 58.9 Å². The van der Waals surface area contributed by atoms with E-state index in [1.165, 1.54) is 11.3 Å². The second kappa shape index (κ2) is 8.57. The number of likely N-dealkylation sites (tertiary alicyclic amines) is 1. The van der Waals surface area contributed by atoms with Gasteiger partial charge in [-0.15, -0.1) is 11.3 Å². The fourth-order valence-electron chi connectivity index (χ4n) is 4.07. The number of pyridine rings is 1. The van der Waals surface area contributed by atoms with Gasteiger partial charge in [0, 0.05) is 24.7 Å². The monoisotopic (exact) mass is 501 g/mol. The fraction of sp³-hybridized carbons (Fsp3) is 0.217. The summed E-state index contributed by atoms with van der Waals surface area (Å²) in [5.74, 6) is 0.408. The van der Waals surface area contributed by atoms with Crippen molar-refractivity contribution in [1.82, 2.24) is 14.6 Å². The molecule has 4 aromatic rings. The fourth-order valence-corrected chi connectivity index (χ4v) is 6.55. The second-order valence-electron chi connectivity index (χ2n) is 7.84. The third-order valence-electron chi connectivity index (χ3n) is 5.81. The van der Waals surface area contributed by atoms with Crippen LogP contribution in [-0.4, -0.2) is 43.9 Å². The lowest BCUT2D eigenvalue weighted by molar-refractivity contribution is -0.129. The molecular weight excluding hydrogens is 482 g/mol. The summed E-state index contributed by atoms with van der Waals surface area (Å²) in [7, 11) is -2.31. The lowest BCUT2D eigenvalue weighted by atomic mass is 10.1. The maximum absolute atomic E-state index is 13.0. The van der Waals surface area contributed by atoms with Crippen LogP contribution in [0.1, 0.15) is 12.0 Å². The van der Waals surface area contributed by atoms with E-state index in [0.29, 0.717) is 30.4 Å². The topological polar surface area (TPSA) is 88.6 Å². The summed E-state index contributed by atoms with van der Waals surface area (Å²) in [6.07, 6.45) is 2.05. The maximum atomic E-state index is 13.0. The largest absolute Gasteiger partial charge is 0.497 e. The number of carbonyl (C=O) groups is 1. The summed E-state index contributed by atoms with van der Waals surface area (Å²) in [5.41, 5.74) is 0.972. The van der Waals surface area contributed by atoms with E-state index >= 15 is 0 Å². The zero-order chi connectivity index (χ0) is 23.2. The number of thiophene rings is 1. The molecule has 7 nitrogen and oxygen atoms in total. The number of nitrogens with zero attached hydrogens (tertiary/aromatic N) is 2. The van der Waals surface area contributed by atoms with Gasteiger partial charge < -0.3 is 9.64 Å². The number of benzene rings is 2. The quantitative estimate of drug-likeness (QED) is 0.400. The summed E-state index contributed by atoms with van der Waals surface area (Å²) < 4.78 is 34.8. The van der Waals surface area contributed by atoms with E-state index in [2.05, 4.69) is 9.71 Å². The standard InChI is InChI=1S/C23H20ClN3O4S2/c1-31-17-4-2-14-3-5-18(11-15(14)10-17)33(29,30)26-20-7-9-27(23(20)28)12-16-13-32-21-19(16)6-8-25-22(21)24/h2-6,8,10-11,13,20,26H,7,9,12H2,1H3. The number of aromatic nitrogens is 1. The molecule has 5 rings (SSSR count). The Hall–Kier alpha value is -2.72. The van der Waals surface area contributed by atoms with Crippen molar-refractivity contribution < 1.29 is 17.9 Å². The smallest absolute Gasteiger partial charge is 0.241 e. The third-order valence-corrected chi connectivity index (χ3v) is 8.73. The van der Waals surface area contributed by atoms with E-state index in [-0.39, 0.29) is 10.8 Å². The molecule has 0 saturated carbocycles. The minimum absolute atomic E-state index is 0.112. The minimum Gasteiger partial charge on any atom is -0.497 e. The number of hydrogen-bond acceptors (Lipinski definition) is 6. The van der Waals surface area contributed by atoms with Crippen LogP contribution < -0.4 is 9.46 Å². The lowest BCUT2D eigenvalue weighted by Crippen LogP contribution is -2.41. The highest BCUT2D eigenvalue weighted by atomic mass is 35.5. The highest BCUT2D eigenvalue weighted by Gasteiger charge is 2.35. The first-order valence-corrected chi connectivity index (χ1v) is 13.0. The summed E-state index contributed by atoms with van der Waals surface area (Å²) in [6, 6.07) is 11.4. The van der Waals surface area contributed by atoms with Crippen molar-refractivity contribution in [1.29, 1.82) is 0 Å². The second-order valence-corrected chi connectivity index (χ2v) is 10.8. The molecule has 1 aliphatic rings. The molecule has 3 heterocycles. The number of hydrogen-bond donors (Lipinski definition) is 1. The van der Waals surface area contributed by atoms with Gasteiger partial charge in [-0.25, -0.2) is 13.4 Å².